The first-order chi connectivity index (χ1) is 17.8. The molecule has 2 amide bonds. The summed E-state index contributed by atoms with van der Waals surface area (Å²) in [7, 11) is 1.96. The molecule has 0 fully saturated rings. The summed E-state index contributed by atoms with van der Waals surface area (Å²) < 4.78 is 21.2. The molecule has 2 aromatic carbocycles. The summed E-state index contributed by atoms with van der Waals surface area (Å²) in [4.78, 5) is 40.2. The van der Waals surface area contributed by atoms with E-state index in [0.717, 1.165) is 30.5 Å². The summed E-state index contributed by atoms with van der Waals surface area (Å²) in [6.07, 6.45) is 2.54. The lowest BCUT2D eigenvalue weighted by atomic mass is 10.0. The van der Waals surface area contributed by atoms with Gasteiger partial charge in [-0.05, 0) is 62.6 Å². The van der Waals surface area contributed by atoms with Gasteiger partial charge < -0.3 is 25.1 Å². The number of aldehydes is 1. The molecule has 194 valence electrons. The van der Waals surface area contributed by atoms with Crippen molar-refractivity contribution in [2.45, 2.75) is 33.1 Å². The van der Waals surface area contributed by atoms with Gasteiger partial charge in [-0.2, -0.15) is 5.10 Å². The molecular formula is C27H30FN5O4. The smallest absolute Gasteiger partial charge is 0.277 e. The Hall–Kier alpha value is -4.21. The average Bonchev–Trinajstić information content (AvgIpc) is 3.26. The van der Waals surface area contributed by atoms with Crippen LogP contribution in [0.4, 0.5) is 15.8 Å². The van der Waals surface area contributed by atoms with Crippen LogP contribution in [0.2, 0.25) is 0 Å². The fourth-order valence-corrected chi connectivity index (χ4v) is 4.65. The van der Waals surface area contributed by atoms with Gasteiger partial charge in [0.1, 0.15) is 12.0 Å². The van der Waals surface area contributed by atoms with E-state index in [1.165, 1.54) is 16.8 Å². The summed E-state index contributed by atoms with van der Waals surface area (Å²) >= 11 is 0. The Morgan fingerprint density at radius 2 is 2.00 bits per heavy atom. The van der Waals surface area contributed by atoms with E-state index in [9.17, 15) is 18.8 Å². The predicted octanol–water partition coefficient (Wildman–Crippen LogP) is 3.44. The Kier molecular flexibility index (Phi) is 7.56. The van der Waals surface area contributed by atoms with Gasteiger partial charge in [-0.15, -0.1) is 0 Å². The number of unbranched alkanes of at least 4 members (excludes halogenated alkanes) is 1. The third-order valence-electron chi connectivity index (χ3n) is 6.43. The number of halogens is 1. The van der Waals surface area contributed by atoms with Crippen molar-refractivity contribution in [1.82, 2.24) is 9.78 Å². The fourth-order valence-electron chi connectivity index (χ4n) is 4.65. The number of aromatic nitrogens is 2. The number of carbonyl (C=O) groups excluding carboxylic acids is 3. The molecule has 1 aliphatic heterocycles. The largest absolute Gasteiger partial charge is 0.491 e. The number of nitrogens with zero attached hydrogens (tertiary/aromatic N) is 4. The molecule has 0 radical (unpaired) electrons. The molecule has 0 unspecified atom stereocenters. The monoisotopic (exact) mass is 507 g/mol. The lowest BCUT2D eigenvalue weighted by molar-refractivity contribution is -0.107. The Labute approximate surface area is 214 Å². The van der Waals surface area contributed by atoms with Crippen LogP contribution in [0.1, 0.15) is 51.9 Å². The van der Waals surface area contributed by atoms with E-state index in [0.29, 0.717) is 37.2 Å². The number of rotatable bonds is 10. The zero-order valence-corrected chi connectivity index (χ0v) is 21.2. The normalized spacial score (nSPS) is 12.9. The molecule has 1 aliphatic rings. The van der Waals surface area contributed by atoms with E-state index >= 15 is 0 Å². The Bertz CT molecular complexity index is 1350. The number of benzene rings is 2. The van der Waals surface area contributed by atoms with E-state index in [-0.39, 0.29) is 28.7 Å². The lowest BCUT2D eigenvalue weighted by Crippen LogP contribution is -2.39. The number of ether oxygens (including phenoxy) is 1. The van der Waals surface area contributed by atoms with Crippen molar-refractivity contribution in [1.29, 1.82) is 0 Å². The fraction of sp³-hybridized carbons (Fsp3) is 0.333. The van der Waals surface area contributed by atoms with E-state index in [1.54, 1.807) is 17.9 Å². The van der Waals surface area contributed by atoms with Crippen LogP contribution in [0.25, 0.3) is 5.69 Å². The Morgan fingerprint density at radius 1 is 1.24 bits per heavy atom. The molecule has 0 spiro atoms. The topological polar surface area (TPSA) is 111 Å². The molecule has 2 heterocycles. The standard InChI is InChI=1S/C27H30FN5O4/c1-4-37-23-10-8-19(16-21(23)28)33-25-20(24(30-33)26(29)35)11-13-32(27(25)36)18-7-9-22(17(2)15-18)31(3)12-5-6-14-34/h7-10,14-16H,4-6,11-13H2,1-3H3,(H2,29,35). The molecule has 0 saturated heterocycles. The third kappa shape index (κ3) is 5.04. The third-order valence-corrected chi connectivity index (χ3v) is 6.43. The van der Waals surface area contributed by atoms with Crippen molar-refractivity contribution in [3.05, 3.63) is 64.7 Å². The molecule has 37 heavy (non-hydrogen) atoms. The molecular weight excluding hydrogens is 477 g/mol. The Balaban J connectivity index is 1.70. The summed E-state index contributed by atoms with van der Waals surface area (Å²) in [6.45, 7) is 5.10. The minimum absolute atomic E-state index is 0.000713. The molecule has 3 aromatic rings. The highest BCUT2D eigenvalue weighted by Crippen LogP contribution is 2.32. The van der Waals surface area contributed by atoms with Crippen molar-refractivity contribution in [2.24, 2.45) is 5.73 Å². The van der Waals surface area contributed by atoms with Crippen LogP contribution in [-0.4, -0.2) is 54.6 Å². The zero-order chi connectivity index (χ0) is 26.7. The van der Waals surface area contributed by atoms with Gasteiger partial charge >= 0.3 is 0 Å². The molecule has 0 bridgehead atoms. The second-order valence-electron chi connectivity index (χ2n) is 8.91. The molecule has 1 aromatic heterocycles. The second-order valence-corrected chi connectivity index (χ2v) is 8.91. The molecule has 0 aliphatic carbocycles. The van der Waals surface area contributed by atoms with Gasteiger partial charge in [0.15, 0.2) is 17.3 Å². The highest BCUT2D eigenvalue weighted by Gasteiger charge is 2.35. The average molecular weight is 508 g/mol. The molecule has 4 rings (SSSR count). The van der Waals surface area contributed by atoms with Crippen molar-refractivity contribution >= 4 is 29.5 Å². The highest BCUT2D eigenvalue weighted by molar-refractivity contribution is 6.09. The minimum atomic E-state index is -0.750. The van der Waals surface area contributed by atoms with Crippen LogP contribution in [0.15, 0.2) is 36.4 Å². The number of carbonyl (C=O) groups is 3. The van der Waals surface area contributed by atoms with Crippen molar-refractivity contribution in [3.63, 3.8) is 0 Å². The first-order valence-electron chi connectivity index (χ1n) is 12.2. The minimum Gasteiger partial charge on any atom is -0.491 e. The number of nitrogens with two attached hydrogens (primary N) is 1. The summed E-state index contributed by atoms with van der Waals surface area (Å²) in [6, 6.07) is 10.0. The maximum atomic E-state index is 14.6. The molecule has 9 nitrogen and oxygen atoms in total. The van der Waals surface area contributed by atoms with Crippen LogP contribution in [0, 0.1) is 12.7 Å². The summed E-state index contributed by atoms with van der Waals surface area (Å²) in [5.41, 5.74) is 9.15. The van der Waals surface area contributed by atoms with E-state index in [4.69, 9.17) is 10.5 Å². The molecule has 0 atom stereocenters. The van der Waals surface area contributed by atoms with Crippen LogP contribution in [-0.2, 0) is 11.2 Å². The SMILES string of the molecule is CCOc1ccc(-n2nc(C(N)=O)c3c2C(=O)N(c2ccc(N(C)CCCC=O)c(C)c2)CC3)cc1F. The highest BCUT2D eigenvalue weighted by atomic mass is 19.1. The number of fused-ring (bicyclic) bond motifs is 1. The second kappa shape index (κ2) is 10.8. The van der Waals surface area contributed by atoms with Crippen LogP contribution < -0.4 is 20.3 Å². The van der Waals surface area contributed by atoms with E-state index < -0.39 is 11.7 Å². The van der Waals surface area contributed by atoms with Gasteiger partial charge in [0.05, 0.1) is 12.3 Å². The number of anilines is 2. The molecule has 2 N–H and O–H groups in total. The van der Waals surface area contributed by atoms with Crippen LogP contribution >= 0.6 is 0 Å². The van der Waals surface area contributed by atoms with Gasteiger partial charge in [-0.3, -0.25) is 9.59 Å². The van der Waals surface area contributed by atoms with Gasteiger partial charge in [0.25, 0.3) is 11.8 Å². The summed E-state index contributed by atoms with van der Waals surface area (Å²) in [5.74, 6) is -1.63. The van der Waals surface area contributed by atoms with Crippen molar-refractivity contribution < 1.29 is 23.5 Å². The van der Waals surface area contributed by atoms with Crippen molar-refractivity contribution in [3.8, 4) is 11.4 Å². The first kappa shape index (κ1) is 25.9. The first-order valence-corrected chi connectivity index (χ1v) is 12.2. The summed E-state index contributed by atoms with van der Waals surface area (Å²) in [5, 5.41) is 4.30. The van der Waals surface area contributed by atoms with Gasteiger partial charge in [0, 0.05) is 49.6 Å². The van der Waals surface area contributed by atoms with Gasteiger partial charge in [-0.1, -0.05) is 0 Å². The molecule has 0 saturated carbocycles. The molecule has 10 heteroatoms. The van der Waals surface area contributed by atoms with Gasteiger partial charge in [-0.25, -0.2) is 9.07 Å². The maximum absolute atomic E-state index is 14.6. The number of hydrogen-bond donors (Lipinski definition) is 1. The number of primary amides is 1. The van der Waals surface area contributed by atoms with Crippen LogP contribution in [0.3, 0.4) is 0 Å². The van der Waals surface area contributed by atoms with Gasteiger partial charge in [0.2, 0.25) is 0 Å². The zero-order valence-electron chi connectivity index (χ0n) is 21.2. The quantitative estimate of drug-likeness (QED) is 0.333. The maximum Gasteiger partial charge on any atom is 0.277 e. The number of aryl methyl sites for hydroxylation is 1. The lowest BCUT2D eigenvalue weighted by Gasteiger charge is -2.29. The predicted molar refractivity (Wildman–Crippen MR) is 138 cm³/mol. The Morgan fingerprint density at radius 3 is 2.65 bits per heavy atom. The number of hydrogen-bond acceptors (Lipinski definition) is 6. The number of amides is 2. The van der Waals surface area contributed by atoms with E-state index in [2.05, 4.69) is 10.00 Å². The van der Waals surface area contributed by atoms with E-state index in [1.807, 2.05) is 32.2 Å². The van der Waals surface area contributed by atoms with Crippen molar-refractivity contribution in [2.75, 3.05) is 36.5 Å². The van der Waals surface area contributed by atoms with Crippen LogP contribution in [0.5, 0.6) is 5.75 Å².